The molecule has 0 aliphatic carbocycles. The molecule has 8 heteroatoms. The fraction of sp³-hybridized carbons (Fsp3) is 0.692. The summed E-state index contributed by atoms with van der Waals surface area (Å²) in [7, 11) is 0. The maximum atomic E-state index is 12.1. The van der Waals surface area contributed by atoms with Crippen LogP contribution in [0.25, 0.3) is 0 Å². The molecule has 3 fully saturated rings. The largest absolute Gasteiger partial charge is 0.373 e. The summed E-state index contributed by atoms with van der Waals surface area (Å²) in [6, 6.07) is -0.169. The first-order chi connectivity index (χ1) is 16.0. The van der Waals surface area contributed by atoms with Crippen LogP contribution in [0.15, 0.2) is 36.0 Å². The highest BCUT2D eigenvalue weighted by Crippen LogP contribution is 2.43. The van der Waals surface area contributed by atoms with Gasteiger partial charge in [0.2, 0.25) is 11.8 Å². The van der Waals surface area contributed by atoms with Gasteiger partial charge in [-0.2, -0.15) is 0 Å². The third-order valence-electron chi connectivity index (χ3n) is 6.86. The van der Waals surface area contributed by atoms with Gasteiger partial charge in [-0.15, -0.1) is 0 Å². The molecule has 0 saturated carbocycles. The van der Waals surface area contributed by atoms with Gasteiger partial charge in [0.15, 0.2) is 0 Å². The monoisotopic (exact) mass is 475 g/mol. The van der Waals surface area contributed by atoms with E-state index in [9.17, 15) is 9.59 Å². The molecular formula is C26H41N3O5. The molecule has 5 N–H and O–H groups in total. The van der Waals surface area contributed by atoms with Gasteiger partial charge >= 0.3 is 0 Å². The molecule has 0 bridgehead atoms. The number of nitrogens with one attached hydrogen (secondary N) is 1. The maximum absolute atomic E-state index is 12.1. The SMILES string of the molecule is CC(/C=C/[C@@H]1CC2(CO2)C[C@@H](CC(N)=O)O1)=C\C[C@@H]1O[C@H](C)[C@H](NC(=O)/C=C\[C@@H](C)N)C[C@@H]1C. The normalized spacial score (nSPS) is 37.3. The number of carbonyl (C=O) groups excluding carboxylic acids is 2. The summed E-state index contributed by atoms with van der Waals surface area (Å²) >= 11 is 0. The Morgan fingerprint density at radius 3 is 2.59 bits per heavy atom. The van der Waals surface area contributed by atoms with Gasteiger partial charge in [0.25, 0.3) is 0 Å². The van der Waals surface area contributed by atoms with Gasteiger partial charge in [-0.25, -0.2) is 0 Å². The lowest BCUT2D eigenvalue weighted by Crippen LogP contribution is -2.50. The fourth-order valence-electron chi connectivity index (χ4n) is 4.82. The van der Waals surface area contributed by atoms with Gasteiger partial charge in [0.05, 0.1) is 49.1 Å². The number of rotatable bonds is 9. The second-order valence-corrected chi connectivity index (χ2v) is 10.3. The van der Waals surface area contributed by atoms with E-state index in [0.29, 0.717) is 5.92 Å². The zero-order chi connectivity index (χ0) is 24.9. The summed E-state index contributed by atoms with van der Waals surface area (Å²) in [5.41, 5.74) is 12.0. The second-order valence-electron chi connectivity index (χ2n) is 10.3. The van der Waals surface area contributed by atoms with Gasteiger partial charge < -0.3 is 31.0 Å². The Bertz CT molecular complexity index is 817. The molecule has 3 aliphatic heterocycles. The molecule has 0 radical (unpaired) electrons. The van der Waals surface area contributed by atoms with Gasteiger partial charge in [-0.05, 0) is 39.5 Å². The highest BCUT2D eigenvalue weighted by Gasteiger charge is 2.51. The van der Waals surface area contributed by atoms with Crippen LogP contribution in [0.2, 0.25) is 0 Å². The first-order valence-electron chi connectivity index (χ1n) is 12.4. The van der Waals surface area contributed by atoms with Crippen molar-refractivity contribution in [3.63, 3.8) is 0 Å². The van der Waals surface area contributed by atoms with Gasteiger partial charge in [0.1, 0.15) is 0 Å². The van der Waals surface area contributed by atoms with Crippen LogP contribution in [-0.2, 0) is 23.8 Å². The molecule has 1 unspecified atom stereocenters. The zero-order valence-corrected chi connectivity index (χ0v) is 20.9. The lowest BCUT2D eigenvalue weighted by Gasteiger charge is -2.39. The number of hydrogen-bond donors (Lipinski definition) is 3. The van der Waals surface area contributed by atoms with E-state index in [1.54, 1.807) is 6.08 Å². The topological polar surface area (TPSA) is 129 Å². The summed E-state index contributed by atoms with van der Waals surface area (Å²) in [4.78, 5) is 23.4. The van der Waals surface area contributed by atoms with Crippen LogP contribution in [-0.4, -0.2) is 60.5 Å². The van der Waals surface area contributed by atoms with Gasteiger partial charge in [-0.3, -0.25) is 9.59 Å². The molecule has 0 aromatic rings. The number of epoxide rings is 1. The van der Waals surface area contributed by atoms with Crippen molar-refractivity contribution in [2.24, 2.45) is 17.4 Å². The van der Waals surface area contributed by atoms with E-state index < -0.39 is 0 Å². The van der Waals surface area contributed by atoms with E-state index in [2.05, 4.69) is 37.4 Å². The zero-order valence-electron chi connectivity index (χ0n) is 20.9. The Kier molecular flexibility index (Phi) is 9.09. The van der Waals surface area contributed by atoms with Crippen molar-refractivity contribution in [3.05, 3.63) is 36.0 Å². The molecule has 3 rings (SSSR count). The number of allylic oxidation sites excluding steroid dienone is 2. The summed E-state index contributed by atoms with van der Waals surface area (Å²) < 4.78 is 18.0. The number of carbonyl (C=O) groups is 2. The Balaban J connectivity index is 1.49. The smallest absolute Gasteiger partial charge is 0.244 e. The number of primary amides is 1. The van der Waals surface area contributed by atoms with Crippen molar-refractivity contribution in [1.29, 1.82) is 0 Å². The second kappa shape index (κ2) is 11.6. The first-order valence-corrected chi connectivity index (χ1v) is 12.4. The van der Waals surface area contributed by atoms with Crippen molar-refractivity contribution >= 4 is 11.8 Å². The molecule has 3 saturated heterocycles. The standard InChI is InChI=1S/C26H41N3O5/c1-16(5-8-20-13-26(15-32-26)14-21(34-20)12-24(28)30)6-9-23-17(2)11-22(19(4)33-23)29-25(31)10-7-18(3)27/h5-8,10,17-23H,9,11-15,27H2,1-4H3,(H2,28,30)(H,29,31)/b8-5+,10-7-,16-6+/t17-,18+,19+,20+,21+,22+,23-,26?/m0/s1. The molecule has 3 heterocycles. The Labute approximate surface area is 203 Å². The van der Waals surface area contributed by atoms with Crippen LogP contribution >= 0.6 is 0 Å². The summed E-state index contributed by atoms with van der Waals surface area (Å²) in [6.45, 7) is 8.79. The van der Waals surface area contributed by atoms with Gasteiger partial charge in [-0.1, -0.05) is 36.8 Å². The van der Waals surface area contributed by atoms with Crippen molar-refractivity contribution in [1.82, 2.24) is 5.32 Å². The summed E-state index contributed by atoms with van der Waals surface area (Å²) in [5.74, 6) is -0.165. The van der Waals surface area contributed by atoms with Crippen LogP contribution in [0.5, 0.6) is 0 Å². The molecule has 1 spiro atoms. The lowest BCUT2D eigenvalue weighted by atomic mass is 9.88. The van der Waals surface area contributed by atoms with Crippen LogP contribution in [0.1, 0.15) is 59.8 Å². The first kappa shape index (κ1) is 26.6. The molecule has 190 valence electrons. The minimum atomic E-state index is -0.347. The molecule has 8 atom stereocenters. The van der Waals surface area contributed by atoms with Crippen LogP contribution in [0, 0.1) is 5.92 Å². The Hall–Kier alpha value is -2.00. The molecule has 2 amide bonds. The lowest BCUT2D eigenvalue weighted by molar-refractivity contribution is -0.125. The average molecular weight is 476 g/mol. The Morgan fingerprint density at radius 1 is 1.21 bits per heavy atom. The van der Waals surface area contributed by atoms with Crippen LogP contribution in [0.3, 0.4) is 0 Å². The molecule has 8 nitrogen and oxygen atoms in total. The maximum Gasteiger partial charge on any atom is 0.244 e. The minimum absolute atomic E-state index is 0.0183. The van der Waals surface area contributed by atoms with Crippen molar-refractivity contribution < 1.29 is 23.8 Å². The molecule has 3 aliphatic rings. The van der Waals surface area contributed by atoms with Crippen molar-refractivity contribution in [2.75, 3.05) is 6.61 Å². The van der Waals surface area contributed by atoms with Gasteiger partial charge in [0, 0.05) is 25.0 Å². The molecule has 0 aromatic heterocycles. The predicted molar refractivity (Wildman–Crippen MR) is 131 cm³/mol. The predicted octanol–water partition coefficient (Wildman–Crippen LogP) is 2.27. The average Bonchev–Trinajstić information content (AvgIpc) is 3.49. The molecular weight excluding hydrogens is 434 g/mol. The number of amides is 2. The third kappa shape index (κ3) is 8.05. The summed E-state index contributed by atoms with van der Waals surface area (Å²) in [6.07, 6.45) is 12.7. The van der Waals surface area contributed by atoms with Crippen molar-refractivity contribution in [2.45, 2.75) is 102 Å². The number of hydrogen-bond acceptors (Lipinski definition) is 6. The minimum Gasteiger partial charge on any atom is -0.373 e. The van der Waals surface area contributed by atoms with Crippen LogP contribution < -0.4 is 16.8 Å². The summed E-state index contributed by atoms with van der Waals surface area (Å²) in [5, 5.41) is 3.04. The van der Waals surface area contributed by atoms with Crippen LogP contribution in [0.4, 0.5) is 0 Å². The Morgan fingerprint density at radius 2 is 1.94 bits per heavy atom. The fourth-order valence-corrected chi connectivity index (χ4v) is 4.82. The quantitative estimate of drug-likeness (QED) is 0.267. The van der Waals surface area contributed by atoms with E-state index >= 15 is 0 Å². The molecule has 0 aromatic carbocycles. The van der Waals surface area contributed by atoms with E-state index in [4.69, 9.17) is 25.7 Å². The number of ether oxygens (including phenoxy) is 3. The number of nitrogens with two attached hydrogens (primary N) is 2. The van der Waals surface area contributed by atoms with E-state index in [1.165, 1.54) is 6.08 Å². The highest BCUT2D eigenvalue weighted by molar-refractivity contribution is 5.87. The third-order valence-corrected chi connectivity index (χ3v) is 6.86. The van der Waals surface area contributed by atoms with Crippen molar-refractivity contribution in [3.8, 4) is 0 Å². The van der Waals surface area contributed by atoms with E-state index in [-0.39, 0.29) is 60.3 Å². The highest BCUT2D eigenvalue weighted by atomic mass is 16.6. The van der Waals surface area contributed by atoms with E-state index in [0.717, 1.165) is 37.9 Å². The molecule has 34 heavy (non-hydrogen) atoms. The van der Waals surface area contributed by atoms with E-state index in [1.807, 2.05) is 13.8 Å².